The van der Waals surface area contributed by atoms with E-state index in [1.807, 2.05) is 28.9 Å². The number of nitrogens with zero attached hydrogens (tertiary/aromatic N) is 5. The largest absolute Gasteiger partial charge is 0.321 e. The minimum absolute atomic E-state index is 0.0676. The normalized spacial score (nSPS) is 17.8. The SMILES string of the molecule is Cc1ccc2cc([C@H](c3nnnn3CCc3ccccc3)N3CCC[C@@H](C)C3)c(=O)[nH]c2c1C. The maximum Gasteiger partial charge on any atom is 0.253 e. The first-order valence-electron chi connectivity index (χ1n) is 12.2. The van der Waals surface area contributed by atoms with E-state index in [-0.39, 0.29) is 11.6 Å². The van der Waals surface area contributed by atoms with Crippen molar-refractivity contribution in [1.29, 1.82) is 0 Å². The molecule has 0 saturated carbocycles. The van der Waals surface area contributed by atoms with E-state index in [4.69, 9.17) is 0 Å². The van der Waals surface area contributed by atoms with Crippen LogP contribution in [0.3, 0.4) is 0 Å². The Morgan fingerprint density at radius 3 is 2.76 bits per heavy atom. The molecular formula is C27H32N6O. The number of aromatic amines is 1. The highest BCUT2D eigenvalue weighted by molar-refractivity contribution is 5.83. The van der Waals surface area contributed by atoms with Gasteiger partial charge in [0.15, 0.2) is 5.82 Å². The van der Waals surface area contributed by atoms with Crippen molar-refractivity contribution in [3.05, 3.63) is 87.0 Å². The molecule has 0 radical (unpaired) electrons. The number of pyridine rings is 1. The van der Waals surface area contributed by atoms with Gasteiger partial charge in [-0.3, -0.25) is 9.69 Å². The smallest absolute Gasteiger partial charge is 0.253 e. The number of tetrazole rings is 1. The molecule has 176 valence electrons. The van der Waals surface area contributed by atoms with Gasteiger partial charge in [0, 0.05) is 18.7 Å². The van der Waals surface area contributed by atoms with E-state index >= 15 is 0 Å². The van der Waals surface area contributed by atoms with Gasteiger partial charge in [-0.1, -0.05) is 49.4 Å². The quantitative estimate of drug-likeness (QED) is 0.470. The Balaban J connectivity index is 1.58. The van der Waals surface area contributed by atoms with Gasteiger partial charge in [-0.15, -0.1) is 5.10 Å². The zero-order valence-electron chi connectivity index (χ0n) is 20.2. The first-order valence-corrected chi connectivity index (χ1v) is 12.2. The number of hydrogen-bond acceptors (Lipinski definition) is 5. The molecule has 0 amide bonds. The van der Waals surface area contributed by atoms with Crippen LogP contribution in [-0.2, 0) is 13.0 Å². The number of fused-ring (bicyclic) bond motifs is 1. The Bertz CT molecular complexity index is 1340. The van der Waals surface area contributed by atoms with Crippen LogP contribution in [-0.4, -0.2) is 43.2 Å². The third-order valence-corrected chi connectivity index (χ3v) is 7.19. The molecule has 5 rings (SSSR count). The highest BCUT2D eigenvalue weighted by Crippen LogP contribution is 2.31. The summed E-state index contributed by atoms with van der Waals surface area (Å²) in [6, 6.07) is 16.3. The fourth-order valence-corrected chi connectivity index (χ4v) is 5.15. The predicted octanol–water partition coefficient (Wildman–Crippen LogP) is 4.20. The minimum Gasteiger partial charge on any atom is -0.321 e. The number of benzene rings is 2. The summed E-state index contributed by atoms with van der Waals surface area (Å²) in [6.07, 6.45) is 3.14. The summed E-state index contributed by atoms with van der Waals surface area (Å²) in [7, 11) is 0. The summed E-state index contributed by atoms with van der Waals surface area (Å²) in [6.45, 7) is 8.90. The lowest BCUT2D eigenvalue weighted by Crippen LogP contribution is -2.41. The van der Waals surface area contributed by atoms with E-state index in [1.165, 1.54) is 17.5 Å². The van der Waals surface area contributed by atoms with E-state index in [0.717, 1.165) is 48.2 Å². The Morgan fingerprint density at radius 1 is 1.15 bits per heavy atom. The Hall–Kier alpha value is -3.32. The monoisotopic (exact) mass is 456 g/mol. The van der Waals surface area contributed by atoms with Crippen LogP contribution in [0.15, 0.2) is 53.3 Å². The summed E-state index contributed by atoms with van der Waals surface area (Å²) < 4.78 is 1.88. The van der Waals surface area contributed by atoms with Gasteiger partial charge in [-0.25, -0.2) is 4.68 Å². The number of H-pyrrole nitrogens is 1. The Kier molecular flexibility index (Phi) is 6.28. The van der Waals surface area contributed by atoms with Gasteiger partial charge in [-0.2, -0.15) is 0 Å². The second kappa shape index (κ2) is 9.50. The number of rotatable bonds is 6. The van der Waals surface area contributed by atoms with Gasteiger partial charge in [0.1, 0.15) is 6.04 Å². The molecule has 34 heavy (non-hydrogen) atoms. The topological polar surface area (TPSA) is 79.7 Å². The van der Waals surface area contributed by atoms with E-state index in [9.17, 15) is 4.79 Å². The van der Waals surface area contributed by atoms with Crippen molar-refractivity contribution in [2.75, 3.05) is 13.1 Å². The zero-order valence-corrected chi connectivity index (χ0v) is 20.2. The maximum absolute atomic E-state index is 13.5. The minimum atomic E-state index is -0.289. The molecule has 3 heterocycles. The van der Waals surface area contributed by atoms with E-state index in [0.29, 0.717) is 18.0 Å². The van der Waals surface area contributed by atoms with Gasteiger partial charge in [0.25, 0.3) is 5.56 Å². The van der Waals surface area contributed by atoms with Crippen LogP contribution < -0.4 is 5.56 Å². The van der Waals surface area contributed by atoms with Crippen molar-refractivity contribution >= 4 is 10.9 Å². The molecule has 0 bridgehead atoms. The van der Waals surface area contributed by atoms with E-state index in [2.05, 4.69) is 70.4 Å². The standard InChI is InChI=1S/C27H32N6O/c1-18-8-7-14-32(17-18)25(23-16-22-12-11-19(2)20(3)24(22)28-27(23)34)26-29-30-31-33(26)15-13-21-9-5-4-6-10-21/h4-6,9-12,16,18,25H,7-8,13-15,17H2,1-3H3,(H,28,34)/t18-,25-/m1/s1. The van der Waals surface area contributed by atoms with E-state index < -0.39 is 0 Å². The molecule has 1 saturated heterocycles. The molecule has 1 N–H and O–H groups in total. The number of aromatic nitrogens is 5. The molecule has 2 aromatic carbocycles. The molecule has 2 atom stereocenters. The highest BCUT2D eigenvalue weighted by atomic mass is 16.1. The van der Waals surface area contributed by atoms with Crippen molar-refractivity contribution in [2.24, 2.45) is 5.92 Å². The molecular weight excluding hydrogens is 424 g/mol. The third kappa shape index (κ3) is 4.40. The zero-order chi connectivity index (χ0) is 23.7. The lowest BCUT2D eigenvalue weighted by molar-refractivity contribution is 0.141. The second-order valence-corrected chi connectivity index (χ2v) is 9.67. The molecule has 1 aliphatic rings. The van der Waals surface area contributed by atoms with Gasteiger partial charge in [-0.05, 0) is 84.1 Å². The first-order chi connectivity index (χ1) is 16.5. The molecule has 0 aliphatic carbocycles. The fourth-order valence-electron chi connectivity index (χ4n) is 5.15. The van der Waals surface area contributed by atoms with Crippen LogP contribution in [0.1, 0.15) is 53.9 Å². The molecule has 0 spiro atoms. The van der Waals surface area contributed by atoms with Gasteiger partial charge < -0.3 is 4.98 Å². The molecule has 7 nitrogen and oxygen atoms in total. The molecule has 1 aliphatic heterocycles. The second-order valence-electron chi connectivity index (χ2n) is 9.67. The van der Waals surface area contributed by atoms with Crippen molar-refractivity contribution in [3.8, 4) is 0 Å². The average Bonchev–Trinajstić information content (AvgIpc) is 3.30. The van der Waals surface area contributed by atoms with Crippen LogP contribution in [0.4, 0.5) is 0 Å². The van der Waals surface area contributed by atoms with Gasteiger partial charge >= 0.3 is 0 Å². The van der Waals surface area contributed by atoms with Crippen molar-refractivity contribution in [3.63, 3.8) is 0 Å². The van der Waals surface area contributed by atoms with Crippen molar-refractivity contribution in [1.82, 2.24) is 30.1 Å². The average molecular weight is 457 g/mol. The molecule has 2 aromatic heterocycles. The fraction of sp³-hybridized carbons (Fsp3) is 0.407. The summed E-state index contributed by atoms with van der Waals surface area (Å²) in [5.74, 6) is 1.30. The van der Waals surface area contributed by atoms with Crippen LogP contribution in [0, 0.1) is 19.8 Å². The van der Waals surface area contributed by atoms with Crippen molar-refractivity contribution < 1.29 is 0 Å². The number of aryl methyl sites for hydroxylation is 4. The molecule has 1 fully saturated rings. The summed E-state index contributed by atoms with van der Waals surface area (Å²) in [4.78, 5) is 19.1. The lowest BCUT2D eigenvalue weighted by Gasteiger charge is -2.36. The maximum atomic E-state index is 13.5. The van der Waals surface area contributed by atoms with E-state index in [1.54, 1.807) is 0 Å². The van der Waals surface area contributed by atoms with Gasteiger partial charge in [0.2, 0.25) is 0 Å². The highest BCUT2D eigenvalue weighted by Gasteiger charge is 2.32. The van der Waals surface area contributed by atoms with Crippen LogP contribution in [0.5, 0.6) is 0 Å². The Morgan fingerprint density at radius 2 is 1.97 bits per heavy atom. The van der Waals surface area contributed by atoms with Gasteiger partial charge in [0.05, 0.1) is 5.52 Å². The number of nitrogens with one attached hydrogen (secondary N) is 1. The van der Waals surface area contributed by atoms with Crippen LogP contribution >= 0.6 is 0 Å². The number of piperidine rings is 1. The lowest BCUT2D eigenvalue weighted by atomic mass is 9.95. The van der Waals surface area contributed by atoms with Crippen LogP contribution in [0.25, 0.3) is 10.9 Å². The predicted molar refractivity (Wildman–Crippen MR) is 134 cm³/mol. The summed E-state index contributed by atoms with van der Waals surface area (Å²) >= 11 is 0. The first kappa shape index (κ1) is 22.5. The molecule has 4 aromatic rings. The summed E-state index contributed by atoms with van der Waals surface area (Å²) in [5.41, 5.74) is 5.06. The number of likely N-dealkylation sites (tertiary alicyclic amines) is 1. The molecule has 7 heteroatoms. The van der Waals surface area contributed by atoms with Crippen LogP contribution in [0.2, 0.25) is 0 Å². The number of hydrogen-bond donors (Lipinski definition) is 1. The third-order valence-electron chi connectivity index (χ3n) is 7.19. The molecule has 0 unspecified atom stereocenters. The van der Waals surface area contributed by atoms with Crippen molar-refractivity contribution in [2.45, 2.75) is 52.6 Å². The summed E-state index contributed by atoms with van der Waals surface area (Å²) in [5, 5.41) is 13.9. The Labute approximate surface area is 199 Å².